The van der Waals surface area contributed by atoms with Gasteiger partial charge in [0.05, 0.1) is 18.0 Å². The molecular weight excluding hydrogens is 308 g/mol. The number of hydrogen-bond donors (Lipinski definition) is 1. The molecule has 0 saturated carbocycles. The van der Waals surface area contributed by atoms with Crippen LogP contribution < -0.4 is 4.90 Å². The van der Waals surface area contributed by atoms with Crippen molar-refractivity contribution in [2.45, 2.75) is 24.7 Å². The zero-order chi connectivity index (χ0) is 15.2. The van der Waals surface area contributed by atoms with Crippen LogP contribution in [0.25, 0.3) is 0 Å². The third kappa shape index (κ3) is 4.68. The van der Waals surface area contributed by atoms with Crippen LogP contribution in [-0.4, -0.2) is 38.6 Å². The molecule has 2 aromatic rings. The lowest BCUT2D eigenvalue weighted by molar-refractivity contribution is -0.133. The minimum absolute atomic E-state index is 0.000192. The van der Waals surface area contributed by atoms with Crippen molar-refractivity contribution in [3.63, 3.8) is 0 Å². The second-order valence-electron chi connectivity index (χ2n) is 4.32. The van der Waals surface area contributed by atoms with Gasteiger partial charge >= 0.3 is 5.97 Å². The van der Waals surface area contributed by atoms with Gasteiger partial charge in [0.2, 0.25) is 5.13 Å². The molecule has 21 heavy (non-hydrogen) atoms. The first-order valence-electron chi connectivity index (χ1n) is 6.44. The highest BCUT2D eigenvalue weighted by molar-refractivity contribution is 8.01. The van der Waals surface area contributed by atoms with Gasteiger partial charge in [0, 0.05) is 12.2 Å². The topological polar surface area (TPSA) is 79.2 Å². The van der Waals surface area contributed by atoms with E-state index in [9.17, 15) is 4.79 Å². The molecule has 0 aromatic carbocycles. The van der Waals surface area contributed by atoms with Crippen molar-refractivity contribution in [1.82, 2.24) is 15.2 Å². The lowest BCUT2D eigenvalue weighted by atomic mass is 10.3. The summed E-state index contributed by atoms with van der Waals surface area (Å²) < 4.78 is 0.669. The number of hydrogen-bond acceptors (Lipinski definition) is 7. The summed E-state index contributed by atoms with van der Waals surface area (Å²) in [4.78, 5) is 17.1. The number of aryl methyl sites for hydroxylation is 1. The Balaban J connectivity index is 2.05. The van der Waals surface area contributed by atoms with E-state index >= 15 is 0 Å². The van der Waals surface area contributed by atoms with Crippen molar-refractivity contribution >= 4 is 34.2 Å². The smallest absolute Gasteiger partial charge is 0.313 e. The standard InChI is InChI=1S/C13H16N4O2S2/c1-3-17(7-10-6-4-5-9(2)14-10)12-15-16-13(21-12)20-8-11(18)19/h4-6H,3,7-8H2,1-2H3,(H,18,19). The Bertz CT molecular complexity index is 618. The van der Waals surface area contributed by atoms with Crippen LogP contribution in [0.3, 0.4) is 0 Å². The molecule has 2 aromatic heterocycles. The van der Waals surface area contributed by atoms with Crippen LogP contribution in [-0.2, 0) is 11.3 Å². The monoisotopic (exact) mass is 324 g/mol. The highest BCUT2D eigenvalue weighted by atomic mass is 32.2. The number of nitrogens with zero attached hydrogens (tertiary/aromatic N) is 4. The lowest BCUT2D eigenvalue weighted by Gasteiger charge is -2.18. The normalized spacial score (nSPS) is 10.6. The molecule has 2 rings (SSSR count). The van der Waals surface area contributed by atoms with Crippen LogP contribution in [0.15, 0.2) is 22.5 Å². The molecule has 8 heteroatoms. The maximum absolute atomic E-state index is 10.6. The highest BCUT2D eigenvalue weighted by Crippen LogP contribution is 2.28. The molecule has 0 unspecified atom stereocenters. The Labute approximate surface area is 131 Å². The van der Waals surface area contributed by atoms with Crippen molar-refractivity contribution in [3.05, 3.63) is 29.6 Å². The Morgan fingerprint density at radius 1 is 1.43 bits per heavy atom. The Hall–Kier alpha value is -1.67. The predicted octanol–water partition coefficient (Wildman–Crippen LogP) is 2.44. The van der Waals surface area contributed by atoms with Crippen LogP contribution in [0, 0.1) is 6.92 Å². The molecule has 0 spiro atoms. The average Bonchev–Trinajstić information content (AvgIpc) is 2.91. The van der Waals surface area contributed by atoms with E-state index in [1.807, 2.05) is 32.0 Å². The van der Waals surface area contributed by atoms with Crippen molar-refractivity contribution in [1.29, 1.82) is 0 Å². The SMILES string of the molecule is CCN(Cc1cccc(C)n1)c1nnc(SCC(=O)O)s1. The van der Waals surface area contributed by atoms with Gasteiger partial charge in [-0.25, -0.2) is 0 Å². The molecule has 0 aliphatic heterocycles. The zero-order valence-corrected chi connectivity index (χ0v) is 13.4. The fourth-order valence-electron chi connectivity index (χ4n) is 1.71. The molecule has 0 aliphatic carbocycles. The highest BCUT2D eigenvalue weighted by Gasteiger charge is 2.13. The van der Waals surface area contributed by atoms with E-state index in [0.29, 0.717) is 10.9 Å². The van der Waals surface area contributed by atoms with Crippen molar-refractivity contribution in [2.75, 3.05) is 17.2 Å². The quantitative estimate of drug-likeness (QED) is 0.784. The number of pyridine rings is 1. The third-order valence-corrected chi connectivity index (χ3v) is 4.77. The number of carboxylic acid groups (broad SMARTS) is 1. The first-order valence-corrected chi connectivity index (χ1v) is 8.24. The summed E-state index contributed by atoms with van der Waals surface area (Å²) in [6.45, 7) is 5.46. The van der Waals surface area contributed by atoms with Gasteiger partial charge in [-0.05, 0) is 26.0 Å². The van der Waals surface area contributed by atoms with Gasteiger partial charge < -0.3 is 10.0 Å². The van der Waals surface area contributed by atoms with Crippen LogP contribution >= 0.6 is 23.1 Å². The molecule has 2 heterocycles. The maximum atomic E-state index is 10.6. The van der Waals surface area contributed by atoms with Crippen LogP contribution in [0.5, 0.6) is 0 Å². The largest absolute Gasteiger partial charge is 0.481 e. The van der Waals surface area contributed by atoms with Gasteiger partial charge in [0.1, 0.15) is 0 Å². The molecule has 0 atom stereocenters. The minimum Gasteiger partial charge on any atom is -0.481 e. The fourth-order valence-corrected chi connectivity index (χ4v) is 3.33. The summed E-state index contributed by atoms with van der Waals surface area (Å²) in [5.74, 6) is -0.853. The van der Waals surface area contributed by atoms with E-state index < -0.39 is 5.97 Å². The van der Waals surface area contributed by atoms with E-state index in [0.717, 1.165) is 23.1 Å². The first kappa shape index (κ1) is 15.7. The zero-order valence-electron chi connectivity index (χ0n) is 11.8. The molecule has 0 fully saturated rings. The number of carboxylic acids is 1. The van der Waals surface area contributed by atoms with Gasteiger partial charge in [-0.2, -0.15) is 0 Å². The molecule has 0 bridgehead atoms. The molecule has 0 aliphatic rings. The number of aromatic nitrogens is 3. The number of anilines is 1. The summed E-state index contributed by atoms with van der Waals surface area (Å²) in [6.07, 6.45) is 0. The maximum Gasteiger partial charge on any atom is 0.313 e. The second kappa shape index (κ2) is 7.37. The molecule has 0 saturated heterocycles. The second-order valence-corrected chi connectivity index (χ2v) is 6.50. The number of rotatable bonds is 7. The average molecular weight is 324 g/mol. The van der Waals surface area contributed by atoms with E-state index in [-0.39, 0.29) is 5.75 Å². The van der Waals surface area contributed by atoms with E-state index in [4.69, 9.17) is 5.11 Å². The summed E-state index contributed by atoms with van der Waals surface area (Å²) in [6, 6.07) is 5.93. The first-order chi connectivity index (χ1) is 10.1. The van der Waals surface area contributed by atoms with E-state index in [1.165, 1.54) is 23.1 Å². The molecule has 6 nitrogen and oxygen atoms in total. The number of thioether (sulfide) groups is 1. The van der Waals surface area contributed by atoms with Gasteiger partial charge in [0.15, 0.2) is 4.34 Å². The minimum atomic E-state index is -0.854. The Morgan fingerprint density at radius 3 is 2.90 bits per heavy atom. The number of aliphatic carboxylic acids is 1. The van der Waals surface area contributed by atoms with Crippen molar-refractivity contribution in [2.24, 2.45) is 0 Å². The summed E-state index contributed by atoms with van der Waals surface area (Å²) in [5, 5.41) is 17.6. The van der Waals surface area contributed by atoms with Gasteiger partial charge in [-0.15, -0.1) is 10.2 Å². The van der Waals surface area contributed by atoms with Crippen molar-refractivity contribution < 1.29 is 9.90 Å². The Kier molecular flexibility index (Phi) is 5.51. The lowest BCUT2D eigenvalue weighted by Crippen LogP contribution is -2.22. The van der Waals surface area contributed by atoms with Crippen LogP contribution in [0.4, 0.5) is 5.13 Å². The van der Waals surface area contributed by atoms with E-state index in [1.54, 1.807) is 0 Å². The van der Waals surface area contributed by atoms with Crippen molar-refractivity contribution in [3.8, 4) is 0 Å². The molecule has 112 valence electrons. The molecular formula is C13H16N4O2S2. The van der Waals surface area contributed by atoms with Gasteiger partial charge in [0.25, 0.3) is 0 Å². The molecule has 1 N–H and O–H groups in total. The molecule has 0 radical (unpaired) electrons. The molecule has 0 amide bonds. The van der Waals surface area contributed by atoms with Crippen LogP contribution in [0.1, 0.15) is 18.3 Å². The van der Waals surface area contributed by atoms with Crippen LogP contribution in [0.2, 0.25) is 0 Å². The fraction of sp³-hybridized carbons (Fsp3) is 0.385. The summed E-state index contributed by atoms with van der Waals surface area (Å²) in [5.41, 5.74) is 1.96. The summed E-state index contributed by atoms with van der Waals surface area (Å²) >= 11 is 2.60. The predicted molar refractivity (Wildman–Crippen MR) is 84.0 cm³/mol. The summed E-state index contributed by atoms with van der Waals surface area (Å²) in [7, 11) is 0. The third-order valence-electron chi connectivity index (χ3n) is 2.67. The number of carbonyl (C=O) groups is 1. The van der Waals surface area contributed by atoms with Gasteiger partial charge in [-0.1, -0.05) is 29.2 Å². The van der Waals surface area contributed by atoms with E-state index in [2.05, 4.69) is 20.1 Å². The van der Waals surface area contributed by atoms with Gasteiger partial charge in [-0.3, -0.25) is 9.78 Å². The Morgan fingerprint density at radius 2 is 2.24 bits per heavy atom.